The van der Waals surface area contributed by atoms with Crippen LogP contribution in [0, 0.1) is 6.92 Å². The second-order valence-corrected chi connectivity index (χ2v) is 5.31. The molecule has 0 saturated carbocycles. The van der Waals surface area contributed by atoms with E-state index in [1.807, 2.05) is 19.1 Å². The lowest BCUT2D eigenvalue weighted by Crippen LogP contribution is -2.32. The van der Waals surface area contributed by atoms with Gasteiger partial charge >= 0.3 is 0 Å². The van der Waals surface area contributed by atoms with Crippen LogP contribution < -0.4 is 11.1 Å². The molecule has 1 aromatic heterocycles. The molecule has 2 rings (SSSR count). The van der Waals surface area contributed by atoms with Crippen LogP contribution in [0.2, 0.25) is 0 Å². The minimum atomic E-state index is 0.393. The third-order valence-electron chi connectivity index (χ3n) is 3.48. The Morgan fingerprint density at radius 1 is 1.61 bits per heavy atom. The number of likely N-dealkylation sites (N-methyl/N-ethyl adjacent to an activating group) is 1. The number of thiocarbonyl (C=S) groups is 1. The van der Waals surface area contributed by atoms with Crippen molar-refractivity contribution in [3.63, 3.8) is 0 Å². The van der Waals surface area contributed by atoms with Gasteiger partial charge in [0.1, 0.15) is 10.8 Å². The van der Waals surface area contributed by atoms with Gasteiger partial charge in [-0.15, -0.1) is 0 Å². The van der Waals surface area contributed by atoms with Crippen molar-refractivity contribution < 1.29 is 0 Å². The Bertz CT molecular complexity index is 447. The molecule has 1 fully saturated rings. The smallest absolute Gasteiger partial charge is 0.136 e. The van der Waals surface area contributed by atoms with E-state index in [1.165, 1.54) is 19.4 Å². The molecule has 1 unspecified atom stereocenters. The number of nitrogens with zero attached hydrogens (tertiary/aromatic N) is 2. The van der Waals surface area contributed by atoms with Gasteiger partial charge in [0, 0.05) is 18.3 Å². The van der Waals surface area contributed by atoms with Gasteiger partial charge in [0.15, 0.2) is 0 Å². The van der Waals surface area contributed by atoms with E-state index in [0.717, 1.165) is 23.6 Å². The molecule has 3 N–H and O–H groups in total. The second kappa shape index (κ2) is 5.63. The highest BCUT2D eigenvalue weighted by molar-refractivity contribution is 7.80. The van der Waals surface area contributed by atoms with Gasteiger partial charge < -0.3 is 16.0 Å². The maximum Gasteiger partial charge on any atom is 0.136 e. The molecule has 1 aromatic rings. The normalized spacial score (nSPS) is 20.0. The van der Waals surface area contributed by atoms with E-state index >= 15 is 0 Å². The molecule has 0 bridgehead atoms. The fourth-order valence-corrected chi connectivity index (χ4v) is 2.51. The summed E-state index contributed by atoms with van der Waals surface area (Å²) in [6, 6.07) is 4.44. The first-order valence-electron chi connectivity index (χ1n) is 6.29. The molecule has 5 heteroatoms. The Hall–Kier alpha value is -1.20. The molecule has 1 aliphatic heterocycles. The first kappa shape index (κ1) is 13.2. The number of aromatic nitrogens is 1. The fourth-order valence-electron chi connectivity index (χ4n) is 2.34. The SMILES string of the molecule is Cc1ccc(C(N)=S)c(NCC2CCCN2C)n1. The molecule has 0 spiro atoms. The predicted molar refractivity (Wildman–Crippen MR) is 79.0 cm³/mol. The summed E-state index contributed by atoms with van der Waals surface area (Å²) < 4.78 is 0. The number of nitrogens with two attached hydrogens (primary N) is 1. The van der Waals surface area contributed by atoms with Crippen molar-refractivity contribution >= 4 is 23.0 Å². The quantitative estimate of drug-likeness (QED) is 0.808. The van der Waals surface area contributed by atoms with Crippen molar-refractivity contribution in [2.45, 2.75) is 25.8 Å². The predicted octanol–water partition coefficient (Wildman–Crippen LogP) is 1.53. The van der Waals surface area contributed by atoms with Crippen LogP contribution in [0.3, 0.4) is 0 Å². The summed E-state index contributed by atoms with van der Waals surface area (Å²) in [5, 5.41) is 3.39. The van der Waals surface area contributed by atoms with Gasteiger partial charge in [0.25, 0.3) is 0 Å². The molecule has 0 radical (unpaired) electrons. The lowest BCUT2D eigenvalue weighted by molar-refractivity contribution is 0.322. The van der Waals surface area contributed by atoms with Gasteiger partial charge in [0.2, 0.25) is 0 Å². The maximum absolute atomic E-state index is 5.72. The monoisotopic (exact) mass is 264 g/mol. The van der Waals surface area contributed by atoms with E-state index in [4.69, 9.17) is 18.0 Å². The molecule has 0 amide bonds. The second-order valence-electron chi connectivity index (χ2n) is 4.87. The zero-order chi connectivity index (χ0) is 13.1. The Balaban J connectivity index is 2.08. The van der Waals surface area contributed by atoms with Crippen LogP contribution in [0.25, 0.3) is 0 Å². The fraction of sp³-hybridized carbons (Fsp3) is 0.538. The topological polar surface area (TPSA) is 54.2 Å². The average Bonchev–Trinajstić information content (AvgIpc) is 2.72. The Kier molecular flexibility index (Phi) is 4.14. The highest BCUT2D eigenvalue weighted by Crippen LogP contribution is 2.17. The lowest BCUT2D eigenvalue weighted by atomic mass is 10.2. The van der Waals surface area contributed by atoms with Gasteiger partial charge in [-0.25, -0.2) is 4.98 Å². The summed E-state index contributed by atoms with van der Waals surface area (Å²) in [5.74, 6) is 0.808. The van der Waals surface area contributed by atoms with E-state index in [0.29, 0.717) is 11.0 Å². The maximum atomic E-state index is 5.72. The summed E-state index contributed by atoms with van der Waals surface area (Å²) >= 11 is 5.05. The summed E-state index contributed by atoms with van der Waals surface area (Å²) in [6.45, 7) is 4.04. The first-order chi connectivity index (χ1) is 8.58. The third-order valence-corrected chi connectivity index (χ3v) is 3.70. The minimum absolute atomic E-state index is 0.393. The third kappa shape index (κ3) is 2.97. The Morgan fingerprint density at radius 3 is 3.00 bits per heavy atom. The van der Waals surface area contributed by atoms with Crippen molar-refractivity contribution in [1.29, 1.82) is 0 Å². The highest BCUT2D eigenvalue weighted by atomic mass is 32.1. The van der Waals surface area contributed by atoms with Crippen LogP contribution in [-0.2, 0) is 0 Å². The molecule has 0 aromatic carbocycles. The molecule has 1 aliphatic rings. The number of rotatable bonds is 4. The van der Waals surface area contributed by atoms with Crippen molar-refractivity contribution in [3.8, 4) is 0 Å². The number of aryl methyl sites for hydroxylation is 1. The standard InChI is InChI=1S/C13H20N4S/c1-9-5-6-11(12(14)18)13(16-9)15-8-10-4-3-7-17(10)2/h5-6,10H,3-4,7-8H2,1-2H3,(H2,14,18)(H,15,16). The summed E-state index contributed by atoms with van der Waals surface area (Å²) in [4.78, 5) is 7.25. The number of likely N-dealkylation sites (tertiary alicyclic amines) is 1. The molecule has 1 atom stereocenters. The number of anilines is 1. The van der Waals surface area contributed by atoms with E-state index < -0.39 is 0 Å². The molecule has 0 aliphatic carbocycles. The molecular formula is C13H20N4S. The number of nitrogens with one attached hydrogen (secondary N) is 1. The van der Waals surface area contributed by atoms with Crippen LogP contribution in [0.5, 0.6) is 0 Å². The van der Waals surface area contributed by atoms with E-state index in [1.54, 1.807) is 0 Å². The average molecular weight is 264 g/mol. The van der Waals surface area contributed by atoms with Crippen molar-refractivity contribution in [1.82, 2.24) is 9.88 Å². The van der Waals surface area contributed by atoms with Gasteiger partial charge in [-0.3, -0.25) is 0 Å². The Labute approximate surface area is 114 Å². The number of hydrogen-bond donors (Lipinski definition) is 2. The molecule has 2 heterocycles. The van der Waals surface area contributed by atoms with Crippen LogP contribution >= 0.6 is 12.2 Å². The van der Waals surface area contributed by atoms with Gasteiger partial charge in [-0.05, 0) is 45.5 Å². The lowest BCUT2D eigenvalue weighted by Gasteiger charge is -2.21. The van der Waals surface area contributed by atoms with Crippen LogP contribution in [0.4, 0.5) is 5.82 Å². The largest absolute Gasteiger partial charge is 0.389 e. The van der Waals surface area contributed by atoms with E-state index in [9.17, 15) is 0 Å². The van der Waals surface area contributed by atoms with Gasteiger partial charge in [-0.1, -0.05) is 12.2 Å². The van der Waals surface area contributed by atoms with Gasteiger partial charge in [0.05, 0.1) is 5.56 Å². The first-order valence-corrected chi connectivity index (χ1v) is 6.70. The molecular weight excluding hydrogens is 244 g/mol. The van der Waals surface area contributed by atoms with Crippen molar-refractivity contribution in [2.75, 3.05) is 25.5 Å². The van der Waals surface area contributed by atoms with Crippen molar-refractivity contribution in [3.05, 3.63) is 23.4 Å². The van der Waals surface area contributed by atoms with Crippen molar-refractivity contribution in [2.24, 2.45) is 5.73 Å². The number of hydrogen-bond acceptors (Lipinski definition) is 4. The molecule has 1 saturated heterocycles. The zero-order valence-electron chi connectivity index (χ0n) is 10.9. The van der Waals surface area contributed by atoms with E-state index in [-0.39, 0.29) is 0 Å². The summed E-state index contributed by atoms with van der Waals surface area (Å²) in [7, 11) is 2.16. The minimum Gasteiger partial charge on any atom is -0.389 e. The molecule has 18 heavy (non-hydrogen) atoms. The van der Waals surface area contributed by atoms with Crippen LogP contribution in [-0.4, -0.2) is 41.1 Å². The van der Waals surface area contributed by atoms with Crippen LogP contribution in [0.1, 0.15) is 24.1 Å². The van der Waals surface area contributed by atoms with Crippen LogP contribution in [0.15, 0.2) is 12.1 Å². The Morgan fingerprint density at radius 2 is 2.39 bits per heavy atom. The highest BCUT2D eigenvalue weighted by Gasteiger charge is 2.20. The van der Waals surface area contributed by atoms with E-state index in [2.05, 4.69) is 22.2 Å². The van der Waals surface area contributed by atoms with Gasteiger partial charge in [-0.2, -0.15) is 0 Å². The zero-order valence-corrected chi connectivity index (χ0v) is 11.8. The molecule has 4 nitrogen and oxygen atoms in total. The number of pyridine rings is 1. The summed E-state index contributed by atoms with van der Waals surface area (Å²) in [6.07, 6.45) is 2.50. The summed E-state index contributed by atoms with van der Waals surface area (Å²) in [5.41, 5.74) is 7.52. The molecule has 98 valence electrons.